The number of nitrogens with two attached hydrogens (primary N) is 1. The molecule has 3 amide bonds. The Bertz CT molecular complexity index is 852. The molecule has 0 saturated carbocycles. The van der Waals surface area contributed by atoms with Gasteiger partial charge < -0.3 is 31.5 Å². The zero-order valence-electron chi connectivity index (χ0n) is 26.4. The summed E-state index contributed by atoms with van der Waals surface area (Å²) in [4.78, 5) is 70.9. The number of likely N-dealkylation sites (N-methyl/N-ethyl adjacent to an activating group) is 1. The lowest BCUT2D eigenvalue weighted by Gasteiger charge is -2.20. The van der Waals surface area contributed by atoms with Gasteiger partial charge in [0.1, 0.15) is 11.8 Å². The third kappa shape index (κ3) is 24.2. The first-order valence-corrected chi connectivity index (χ1v) is 15.9. The fraction of sp³-hybridized carbons (Fsp3) is 0.806. The smallest absolute Gasteiger partial charge is 0.326 e. The van der Waals surface area contributed by atoms with Crippen LogP contribution in [-0.4, -0.2) is 82.8 Å². The van der Waals surface area contributed by atoms with Crippen molar-refractivity contribution in [1.29, 1.82) is 0 Å². The van der Waals surface area contributed by atoms with Crippen molar-refractivity contribution in [3.8, 4) is 0 Å². The Hall–Kier alpha value is -3.02. The van der Waals surface area contributed by atoms with E-state index in [1.54, 1.807) is 0 Å². The summed E-state index contributed by atoms with van der Waals surface area (Å²) in [6.07, 6.45) is 14.5. The molecule has 0 radical (unpaired) electrons. The van der Waals surface area contributed by atoms with Crippen molar-refractivity contribution in [2.45, 2.75) is 141 Å². The SMILES string of the molecule is CC(=O)CN(C)C(=O)[C@@H](N)CCCCNC(=O)CC[C@H](NC(=O)CCCCCCCCCCCCCCC(=O)O)C(=O)O. The monoisotopic (exact) mass is 612 g/mol. The van der Waals surface area contributed by atoms with Gasteiger partial charge >= 0.3 is 11.9 Å². The molecule has 6 N–H and O–H groups in total. The molecule has 0 aliphatic carbocycles. The average Bonchev–Trinajstić information content (AvgIpc) is 2.93. The van der Waals surface area contributed by atoms with Crippen molar-refractivity contribution < 1.29 is 39.0 Å². The number of rotatable bonds is 28. The van der Waals surface area contributed by atoms with E-state index in [4.69, 9.17) is 10.8 Å². The molecule has 12 nitrogen and oxygen atoms in total. The van der Waals surface area contributed by atoms with Gasteiger partial charge in [-0.3, -0.25) is 24.0 Å². The Morgan fingerprint density at radius 3 is 1.67 bits per heavy atom. The first-order valence-electron chi connectivity index (χ1n) is 15.9. The number of nitrogens with one attached hydrogen (secondary N) is 2. The van der Waals surface area contributed by atoms with Crippen LogP contribution in [0, 0.1) is 0 Å². The van der Waals surface area contributed by atoms with Crippen LogP contribution < -0.4 is 16.4 Å². The third-order valence-electron chi connectivity index (χ3n) is 7.26. The molecule has 0 aromatic heterocycles. The molecule has 0 spiro atoms. The van der Waals surface area contributed by atoms with E-state index in [2.05, 4.69) is 10.6 Å². The van der Waals surface area contributed by atoms with E-state index in [-0.39, 0.29) is 55.7 Å². The molecule has 0 rings (SSSR count). The number of nitrogens with zero attached hydrogens (tertiary/aromatic N) is 1. The van der Waals surface area contributed by atoms with Crippen LogP contribution in [0.5, 0.6) is 0 Å². The molecule has 0 aliphatic rings. The fourth-order valence-electron chi connectivity index (χ4n) is 4.75. The van der Waals surface area contributed by atoms with Gasteiger partial charge in [-0.1, -0.05) is 64.2 Å². The van der Waals surface area contributed by atoms with Crippen LogP contribution >= 0.6 is 0 Å². The lowest BCUT2D eigenvalue weighted by molar-refractivity contribution is -0.142. The molecule has 0 unspecified atom stereocenters. The van der Waals surface area contributed by atoms with Gasteiger partial charge in [0, 0.05) is 32.9 Å². The third-order valence-corrected chi connectivity index (χ3v) is 7.26. The maximum Gasteiger partial charge on any atom is 0.326 e. The molecule has 43 heavy (non-hydrogen) atoms. The predicted molar refractivity (Wildman–Crippen MR) is 164 cm³/mol. The van der Waals surface area contributed by atoms with Gasteiger partial charge in [-0.25, -0.2) is 4.79 Å². The van der Waals surface area contributed by atoms with Crippen molar-refractivity contribution in [1.82, 2.24) is 15.5 Å². The van der Waals surface area contributed by atoms with Crippen LogP contribution in [0.1, 0.15) is 129 Å². The van der Waals surface area contributed by atoms with Gasteiger partial charge in [-0.2, -0.15) is 0 Å². The number of ketones is 1. The van der Waals surface area contributed by atoms with Crippen molar-refractivity contribution in [3.63, 3.8) is 0 Å². The average molecular weight is 613 g/mol. The molecular weight excluding hydrogens is 556 g/mol. The fourth-order valence-corrected chi connectivity index (χ4v) is 4.75. The van der Waals surface area contributed by atoms with Crippen LogP contribution in [0.2, 0.25) is 0 Å². The molecule has 2 atom stereocenters. The van der Waals surface area contributed by atoms with Crippen LogP contribution in [0.15, 0.2) is 0 Å². The number of amides is 3. The maximum absolute atomic E-state index is 12.2. The van der Waals surface area contributed by atoms with E-state index in [1.165, 1.54) is 38.1 Å². The second kappa shape index (κ2) is 25.5. The normalized spacial score (nSPS) is 12.3. The summed E-state index contributed by atoms with van der Waals surface area (Å²) in [5.41, 5.74) is 5.89. The minimum atomic E-state index is -1.17. The van der Waals surface area contributed by atoms with Gasteiger partial charge in [0.05, 0.1) is 12.6 Å². The highest BCUT2D eigenvalue weighted by molar-refractivity contribution is 5.87. The number of carbonyl (C=O) groups excluding carboxylic acids is 4. The van der Waals surface area contributed by atoms with Gasteiger partial charge in [-0.05, 0) is 45.4 Å². The number of carbonyl (C=O) groups is 6. The summed E-state index contributed by atoms with van der Waals surface area (Å²) in [5.74, 6) is -2.95. The Morgan fingerprint density at radius 1 is 0.674 bits per heavy atom. The van der Waals surface area contributed by atoms with Crippen LogP contribution in [0.3, 0.4) is 0 Å². The second-order valence-corrected chi connectivity index (χ2v) is 11.5. The maximum atomic E-state index is 12.2. The van der Waals surface area contributed by atoms with Crippen LogP contribution in [-0.2, 0) is 28.8 Å². The standard InChI is InChI=1S/C31H56N4O8/c1-24(36)23-35(2)30(41)25(32)17-15-16-22-33-27(37)21-20-26(31(42)43)34-28(38)18-13-11-9-7-5-3-4-6-8-10-12-14-19-29(39)40/h25-26H,3-23,32H2,1-2H3,(H,33,37)(H,34,38)(H,39,40)(H,42,43)/t25-,26-/m0/s1. The molecule has 0 fully saturated rings. The molecular formula is C31H56N4O8. The topological polar surface area (TPSA) is 196 Å². The van der Waals surface area contributed by atoms with E-state index in [1.807, 2.05) is 0 Å². The van der Waals surface area contributed by atoms with E-state index in [0.29, 0.717) is 32.2 Å². The first-order chi connectivity index (χ1) is 20.4. The first kappa shape index (κ1) is 40.0. The second-order valence-electron chi connectivity index (χ2n) is 11.5. The Labute approximate surface area is 256 Å². The van der Waals surface area contributed by atoms with Crippen LogP contribution in [0.25, 0.3) is 0 Å². The zero-order valence-corrected chi connectivity index (χ0v) is 26.4. The molecule has 0 heterocycles. The van der Waals surface area contributed by atoms with Crippen molar-refractivity contribution in [3.05, 3.63) is 0 Å². The highest BCUT2D eigenvalue weighted by Gasteiger charge is 2.21. The number of unbranched alkanes of at least 4 members (excludes halogenated alkanes) is 12. The van der Waals surface area contributed by atoms with Gasteiger partial charge in [0.25, 0.3) is 0 Å². The molecule has 0 saturated heterocycles. The largest absolute Gasteiger partial charge is 0.481 e. The van der Waals surface area contributed by atoms with Crippen molar-refractivity contribution >= 4 is 35.4 Å². The summed E-state index contributed by atoms with van der Waals surface area (Å²) in [5, 5.41) is 23.3. The Morgan fingerprint density at radius 2 is 1.19 bits per heavy atom. The minimum Gasteiger partial charge on any atom is -0.481 e. The summed E-state index contributed by atoms with van der Waals surface area (Å²) in [7, 11) is 1.53. The van der Waals surface area contributed by atoms with E-state index < -0.39 is 24.0 Å². The molecule has 0 aromatic carbocycles. The summed E-state index contributed by atoms with van der Waals surface area (Å²) in [6, 6.07) is -1.83. The molecule has 248 valence electrons. The summed E-state index contributed by atoms with van der Waals surface area (Å²) >= 11 is 0. The van der Waals surface area contributed by atoms with Gasteiger partial charge in [0.15, 0.2) is 0 Å². The van der Waals surface area contributed by atoms with Crippen LogP contribution in [0.4, 0.5) is 0 Å². The highest BCUT2D eigenvalue weighted by atomic mass is 16.4. The lowest BCUT2D eigenvalue weighted by Crippen LogP contribution is -2.43. The lowest BCUT2D eigenvalue weighted by atomic mass is 10.0. The van der Waals surface area contributed by atoms with E-state index in [9.17, 15) is 33.9 Å². The molecule has 0 aliphatic heterocycles. The minimum absolute atomic E-state index is 0.00288. The summed E-state index contributed by atoms with van der Waals surface area (Å²) in [6.45, 7) is 1.78. The summed E-state index contributed by atoms with van der Waals surface area (Å²) < 4.78 is 0. The van der Waals surface area contributed by atoms with E-state index >= 15 is 0 Å². The zero-order chi connectivity index (χ0) is 32.5. The molecule has 12 heteroatoms. The highest BCUT2D eigenvalue weighted by Crippen LogP contribution is 2.13. The Balaban J connectivity index is 3.88. The predicted octanol–water partition coefficient (Wildman–Crippen LogP) is 3.54. The number of carboxylic acid groups (broad SMARTS) is 2. The Kier molecular flexibility index (Phi) is 23.7. The molecule has 0 bridgehead atoms. The van der Waals surface area contributed by atoms with Crippen molar-refractivity contribution in [2.75, 3.05) is 20.1 Å². The van der Waals surface area contributed by atoms with Crippen molar-refractivity contribution in [2.24, 2.45) is 5.73 Å². The van der Waals surface area contributed by atoms with Gasteiger partial charge in [-0.15, -0.1) is 0 Å². The molecule has 0 aromatic rings. The number of aliphatic carboxylic acids is 2. The number of Topliss-reactive ketones (excluding diaryl/α,β-unsaturated/α-hetero) is 1. The number of hydrogen-bond acceptors (Lipinski definition) is 7. The van der Waals surface area contributed by atoms with E-state index in [0.717, 1.165) is 51.4 Å². The number of carboxylic acids is 2. The quantitative estimate of drug-likeness (QED) is 0.0821. The number of hydrogen-bond donors (Lipinski definition) is 5. The van der Waals surface area contributed by atoms with Gasteiger partial charge in [0.2, 0.25) is 17.7 Å².